The highest BCUT2D eigenvalue weighted by atomic mass is 16.1. The third-order valence-electron chi connectivity index (χ3n) is 2.73. The third-order valence-corrected chi connectivity index (χ3v) is 2.73. The zero-order valence-corrected chi connectivity index (χ0v) is 10.3. The van der Waals surface area contributed by atoms with Gasteiger partial charge >= 0.3 is 0 Å². The summed E-state index contributed by atoms with van der Waals surface area (Å²) < 4.78 is 1.43. The molecule has 4 heteroatoms. The van der Waals surface area contributed by atoms with Crippen molar-refractivity contribution < 1.29 is 0 Å². The standard InChI is InChI=1S/C13H17N3O/c1-13(2,3)9-4-6-10(7-5-9)16-12(17)8-11(14)15-16/h4-8,15H,14H2,1-3H3. The summed E-state index contributed by atoms with van der Waals surface area (Å²) in [4.78, 5) is 11.6. The molecule has 0 radical (unpaired) electrons. The number of rotatable bonds is 1. The van der Waals surface area contributed by atoms with Gasteiger partial charge in [0.05, 0.1) is 5.69 Å². The molecule has 17 heavy (non-hydrogen) atoms. The number of aromatic nitrogens is 2. The molecule has 0 amide bonds. The van der Waals surface area contributed by atoms with Crippen LogP contribution in [0.2, 0.25) is 0 Å². The Labute approximate surface area is 100 Å². The van der Waals surface area contributed by atoms with Gasteiger partial charge in [-0.2, -0.15) is 0 Å². The molecule has 4 nitrogen and oxygen atoms in total. The van der Waals surface area contributed by atoms with Crippen molar-refractivity contribution in [1.82, 2.24) is 9.78 Å². The minimum Gasteiger partial charge on any atom is -0.384 e. The molecule has 1 heterocycles. The number of anilines is 1. The molecule has 1 aromatic carbocycles. The van der Waals surface area contributed by atoms with Crippen molar-refractivity contribution in [3.63, 3.8) is 0 Å². The zero-order chi connectivity index (χ0) is 12.6. The highest BCUT2D eigenvalue weighted by Crippen LogP contribution is 2.22. The van der Waals surface area contributed by atoms with Crippen molar-refractivity contribution in [2.24, 2.45) is 0 Å². The Kier molecular flexibility index (Phi) is 2.58. The SMILES string of the molecule is CC(C)(C)c1ccc(-n2[nH]c(N)cc2=O)cc1. The molecule has 0 unspecified atom stereocenters. The Hall–Kier alpha value is -1.97. The minimum atomic E-state index is -0.147. The van der Waals surface area contributed by atoms with Crippen LogP contribution in [0.15, 0.2) is 35.1 Å². The quantitative estimate of drug-likeness (QED) is 0.789. The lowest BCUT2D eigenvalue weighted by molar-refractivity contribution is 0.590. The predicted octanol–water partition coefficient (Wildman–Crippen LogP) is 2.05. The van der Waals surface area contributed by atoms with Crippen LogP contribution in [0.5, 0.6) is 0 Å². The van der Waals surface area contributed by atoms with Crippen LogP contribution in [-0.2, 0) is 5.41 Å². The molecule has 0 aliphatic heterocycles. The first-order valence-corrected chi connectivity index (χ1v) is 5.56. The number of nitrogens with zero attached hydrogens (tertiary/aromatic N) is 1. The summed E-state index contributed by atoms with van der Waals surface area (Å²) in [7, 11) is 0. The van der Waals surface area contributed by atoms with Gasteiger partial charge in [0.15, 0.2) is 0 Å². The molecule has 0 aliphatic rings. The van der Waals surface area contributed by atoms with E-state index in [1.165, 1.54) is 16.3 Å². The van der Waals surface area contributed by atoms with Crippen LogP contribution in [0.4, 0.5) is 5.82 Å². The third kappa shape index (κ3) is 2.25. The summed E-state index contributed by atoms with van der Waals surface area (Å²) in [5, 5.41) is 2.80. The fraction of sp³-hybridized carbons (Fsp3) is 0.308. The maximum absolute atomic E-state index is 11.6. The minimum absolute atomic E-state index is 0.109. The number of H-pyrrole nitrogens is 1. The van der Waals surface area contributed by atoms with Gasteiger partial charge in [-0.15, -0.1) is 0 Å². The molecule has 1 aromatic heterocycles. The van der Waals surface area contributed by atoms with E-state index in [9.17, 15) is 4.79 Å². The first-order chi connectivity index (χ1) is 7.88. The molecule has 3 N–H and O–H groups in total. The molecule has 0 bridgehead atoms. The predicted molar refractivity (Wildman–Crippen MR) is 69.5 cm³/mol. The van der Waals surface area contributed by atoms with Gasteiger partial charge in [0.25, 0.3) is 5.56 Å². The number of nitrogens with one attached hydrogen (secondary N) is 1. The lowest BCUT2D eigenvalue weighted by Crippen LogP contribution is -2.15. The fourth-order valence-electron chi connectivity index (χ4n) is 1.72. The number of hydrogen-bond acceptors (Lipinski definition) is 2. The first kappa shape index (κ1) is 11.5. The van der Waals surface area contributed by atoms with Gasteiger partial charge < -0.3 is 5.73 Å². The Morgan fingerprint density at radius 1 is 1.18 bits per heavy atom. The summed E-state index contributed by atoms with van der Waals surface area (Å²) in [5.41, 5.74) is 7.52. The molecule has 90 valence electrons. The molecule has 0 fully saturated rings. The second kappa shape index (κ2) is 3.80. The van der Waals surface area contributed by atoms with Crippen LogP contribution < -0.4 is 11.3 Å². The molecule has 0 aliphatic carbocycles. The Bertz CT molecular complexity index is 570. The normalized spacial score (nSPS) is 11.7. The molecular formula is C13H17N3O. The average Bonchev–Trinajstić information content (AvgIpc) is 2.57. The second-order valence-electron chi connectivity index (χ2n) is 5.18. The second-order valence-corrected chi connectivity index (χ2v) is 5.18. The molecule has 2 aromatic rings. The first-order valence-electron chi connectivity index (χ1n) is 5.56. The fourth-order valence-corrected chi connectivity index (χ4v) is 1.72. The number of nitrogens with two attached hydrogens (primary N) is 1. The largest absolute Gasteiger partial charge is 0.384 e. The van der Waals surface area contributed by atoms with Gasteiger partial charge in [-0.1, -0.05) is 32.9 Å². The highest BCUT2D eigenvalue weighted by Gasteiger charge is 2.13. The summed E-state index contributed by atoms with van der Waals surface area (Å²) in [6.45, 7) is 6.46. The van der Waals surface area contributed by atoms with E-state index in [0.717, 1.165) is 5.69 Å². The molecule has 2 rings (SSSR count). The monoisotopic (exact) mass is 231 g/mol. The number of benzene rings is 1. The van der Waals surface area contributed by atoms with Crippen molar-refractivity contribution in [2.75, 3.05) is 5.73 Å². The summed E-state index contributed by atoms with van der Waals surface area (Å²) >= 11 is 0. The van der Waals surface area contributed by atoms with Crippen molar-refractivity contribution in [1.29, 1.82) is 0 Å². The van der Waals surface area contributed by atoms with Gasteiger partial charge in [0.2, 0.25) is 0 Å². The van der Waals surface area contributed by atoms with Crippen LogP contribution in [-0.4, -0.2) is 9.78 Å². The summed E-state index contributed by atoms with van der Waals surface area (Å²) in [5.74, 6) is 0.370. The van der Waals surface area contributed by atoms with E-state index >= 15 is 0 Å². The van der Waals surface area contributed by atoms with Crippen LogP contribution in [0.1, 0.15) is 26.3 Å². The average molecular weight is 231 g/mol. The van der Waals surface area contributed by atoms with Crippen LogP contribution in [0, 0.1) is 0 Å². The number of aromatic amines is 1. The van der Waals surface area contributed by atoms with Gasteiger partial charge in [-0.25, -0.2) is 4.68 Å². The zero-order valence-electron chi connectivity index (χ0n) is 10.3. The molecule has 0 spiro atoms. The molecule has 0 saturated carbocycles. The maximum atomic E-state index is 11.6. The Balaban J connectivity index is 2.43. The number of hydrogen-bond donors (Lipinski definition) is 2. The van der Waals surface area contributed by atoms with E-state index in [0.29, 0.717) is 5.82 Å². The van der Waals surface area contributed by atoms with Crippen LogP contribution in [0.25, 0.3) is 5.69 Å². The summed E-state index contributed by atoms with van der Waals surface area (Å²) in [6.07, 6.45) is 0. The Morgan fingerprint density at radius 3 is 2.18 bits per heavy atom. The van der Waals surface area contributed by atoms with E-state index in [1.54, 1.807) is 0 Å². The van der Waals surface area contributed by atoms with Gasteiger partial charge in [0.1, 0.15) is 5.82 Å². The van der Waals surface area contributed by atoms with Crippen molar-refractivity contribution in [3.05, 3.63) is 46.2 Å². The van der Waals surface area contributed by atoms with E-state index < -0.39 is 0 Å². The van der Waals surface area contributed by atoms with Crippen LogP contribution >= 0.6 is 0 Å². The van der Waals surface area contributed by atoms with E-state index in [1.807, 2.05) is 24.3 Å². The molecule has 0 atom stereocenters. The highest BCUT2D eigenvalue weighted by molar-refractivity contribution is 5.38. The van der Waals surface area contributed by atoms with Crippen molar-refractivity contribution >= 4 is 5.82 Å². The molecular weight excluding hydrogens is 214 g/mol. The van der Waals surface area contributed by atoms with Gasteiger partial charge in [0, 0.05) is 6.07 Å². The smallest absolute Gasteiger partial charge is 0.273 e. The Morgan fingerprint density at radius 2 is 1.76 bits per heavy atom. The lowest BCUT2D eigenvalue weighted by atomic mass is 9.87. The van der Waals surface area contributed by atoms with Gasteiger partial charge in [-0.3, -0.25) is 9.89 Å². The lowest BCUT2D eigenvalue weighted by Gasteiger charge is -2.19. The summed E-state index contributed by atoms with van der Waals surface area (Å²) in [6, 6.07) is 9.26. The van der Waals surface area contributed by atoms with Crippen molar-refractivity contribution in [3.8, 4) is 5.69 Å². The van der Waals surface area contributed by atoms with E-state index in [-0.39, 0.29) is 11.0 Å². The number of nitrogen functional groups attached to an aromatic ring is 1. The van der Waals surface area contributed by atoms with Gasteiger partial charge in [-0.05, 0) is 23.1 Å². The van der Waals surface area contributed by atoms with E-state index in [4.69, 9.17) is 5.73 Å². The topological polar surface area (TPSA) is 63.8 Å². The van der Waals surface area contributed by atoms with Crippen molar-refractivity contribution in [2.45, 2.75) is 26.2 Å². The molecule has 0 saturated heterocycles. The van der Waals surface area contributed by atoms with E-state index in [2.05, 4.69) is 25.9 Å². The maximum Gasteiger partial charge on any atom is 0.273 e. The van der Waals surface area contributed by atoms with Crippen LogP contribution in [0.3, 0.4) is 0 Å².